The number of ether oxygens (including phenoxy) is 2. The number of hydrogen-bond acceptors (Lipinski definition) is 7. The lowest BCUT2D eigenvalue weighted by Crippen LogP contribution is -2.38. The molecular formula is C28H28F6N4O5. The maximum atomic E-state index is 15.0. The van der Waals surface area contributed by atoms with E-state index in [-0.39, 0.29) is 60.2 Å². The highest BCUT2D eigenvalue weighted by molar-refractivity contribution is 5.95. The van der Waals surface area contributed by atoms with Crippen molar-refractivity contribution in [1.82, 2.24) is 4.98 Å². The second-order valence-electron chi connectivity index (χ2n) is 10.2. The molecule has 3 rings (SSSR count). The molecule has 232 valence electrons. The zero-order valence-corrected chi connectivity index (χ0v) is 23.4. The minimum atomic E-state index is -5.17. The maximum Gasteiger partial charge on any atom is 0.419 e. The smallest absolute Gasteiger partial charge is 0.419 e. The molecule has 43 heavy (non-hydrogen) atoms. The number of nitrogen functional groups attached to an aromatic ring is 1. The molecule has 15 heteroatoms. The number of pyridine rings is 1. The van der Waals surface area contributed by atoms with Crippen LogP contribution in [-0.4, -0.2) is 41.4 Å². The van der Waals surface area contributed by atoms with Gasteiger partial charge in [0.05, 0.1) is 29.6 Å². The van der Waals surface area contributed by atoms with E-state index in [1.165, 1.54) is 19.2 Å². The van der Waals surface area contributed by atoms with Crippen LogP contribution < -0.4 is 20.7 Å². The van der Waals surface area contributed by atoms with Gasteiger partial charge in [0.2, 0.25) is 5.88 Å². The molecule has 1 aromatic heterocycles. The number of amides is 1. The zero-order valence-electron chi connectivity index (χ0n) is 23.4. The Morgan fingerprint density at radius 3 is 2.28 bits per heavy atom. The molecule has 0 unspecified atom stereocenters. The second kappa shape index (κ2) is 12.7. The average Bonchev–Trinajstić information content (AvgIpc) is 2.89. The van der Waals surface area contributed by atoms with Gasteiger partial charge < -0.3 is 25.6 Å². The summed E-state index contributed by atoms with van der Waals surface area (Å²) in [7, 11) is 1.34. The van der Waals surface area contributed by atoms with Crippen LogP contribution in [0.25, 0.3) is 0 Å². The summed E-state index contributed by atoms with van der Waals surface area (Å²) in [6, 6.07) is 4.97. The van der Waals surface area contributed by atoms with Crippen LogP contribution in [0.1, 0.15) is 48.7 Å². The Morgan fingerprint density at radius 2 is 1.70 bits per heavy atom. The number of hydrogen-bond donors (Lipinski definition) is 3. The van der Waals surface area contributed by atoms with Crippen molar-refractivity contribution in [2.45, 2.75) is 45.4 Å². The normalized spacial score (nSPS) is 11.7. The first-order valence-electron chi connectivity index (χ1n) is 12.6. The Bertz CT molecular complexity index is 1520. The molecule has 0 bridgehead atoms. The SMILES string of the molecule is COc1ccc(N)c(N(CCCc2c(Nc3cc(C(F)(F)F)c(F)cc3C(=O)O)ccc(F)c2F)C(=O)OC(C)(C)C)n1. The largest absolute Gasteiger partial charge is 0.481 e. The van der Waals surface area contributed by atoms with Crippen molar-refractivity contribution in [2.75, 3.05) is 29.6 Å². The molecule has 0 atom stereocenters. The molecule has 0 saturated carbocycles. The summed E-state index contributed by atoms with van der Waals surface area (Å²) in [4.78, 5) is 30.0. The van der Waals surface area contributed by atoms with Gasteiger partial charge in [-0.2, -0.15) is 18.2 Å². The van der Waals surface area contributed by atoms with Gasteiger partial charge in [-0.25, -0.2) is 22.8 Å². The number of benzene rings is 2. The monoisotopic (exact) mass is 614 g/mol. The summed E-state index contributed by atoms with van der Waals surface area (Å²) < 4.78 is 93.9. The maximum absolute atomic E-state index is 15.0. The summed E-state index contributed by atoms with van der Waals surface area (Å²) in [6.07, 6.45) is -6.44. The number of carbonyl (C=O) groups is 2. The number of rotatable bonds is 9. The fourth-order valence-corrected chi connectivity index (χ4v) is 3.96. The number of aromatic carboxylic acids is 1. The summed E-state index contributed by atoms with van der Waals surface area (Å²) in [5.41, 5.74) is 1.15. The lowest BCUT2D eigenvalue weighted by atomic mass is 10.0. The number of alkyl halides is 3. The Morgan fingerprint density at radius 1 is 1.02 bits per heavy atom. The quantitative estimate of drug-likeness (QED) is 0.222. The third kappa shape index (κ3) is 7.99. The molecule has 2 aromatic carbocycles. The minimum Gasteiger partial charge on any atom is -0.481 e. The van der Waals surface area contributed by atoms with Crippen molar-refractivity contribution in [1.29, 1.82) is 0 Å². The molecule has 3 aromatic rings. The van der Waals surface area contributed by atoms with Crippen molar-refractivity contribution in [3.05, 3.63) is 70.5 Å². The van der Waals surface area contributed by atoms with Gasteiger partial charge in [-0.05, 0) is 63.9 Å². The first kappa shape index (κ1) is 32.8. The number of carbonyl (C=O) groups excluding carboxylic acids is 1. The van der Waals surface area contributed by atoms with Gasteiger partial charge in [0.1, 0.15) is 11.4 Å². The Kier molecular flexibility index (Phi) is 9.67. The highest BCUT2D eigenvalue weighted by atomic mass is 19.4. The van der Waals surface area contributed by atoms with Crippen LogP contribution in [0, 0.1) is 17.5 Å². The van der Waals surface area contributed by atoms with Gasteiger partial charge in [0, 0.05) is 23.9 Å². The van der Waals surface area contributed by atoms with Crippen molar-refractivity contribution < 1.29 is 50.5 Å². The molecule has 0 aliphatic rings. The van der Waals surface area contributed by atoms with Gasteiger partial charge in [0.15, 0.2) is 17.5 Å². The number of halogens is 6. The number of nitrogens with zero attached hydrogens (tertiary/aromatic N) is 2. The van der Waals surface area contributed by atoms with E-state index in [0.717, 1.165) is 11.0 Å². The van der Waals surface area contributed by atoms with E-state index >= 15 is 4.39 Å². The standard InChI is InChI=1S/C28H28F6N4O5/c1-27(2,3)43-26(41)38(24-19(35)8-10-22(37-24)42-4)11-5-6-14-20(9-7-17(29)23(14)31)36-21-13-16(28(32,33)34)18(30)12-15(21)25(39)40/h7-10,12-13,36H,5-6,11,35H2,1-4H3,(H,39,40). The highest BCUT2D eigenvalue weighted by Crippen LogP contribution is 2.37. The van der Waals surface area contributed by atoms with E-state index in [2.05, 4.69) is 10.3 Å². The number of nitrogens with two attached hydrogens (primary N) is 1. The number of carboxylic acids is 1. The van der Waals surface area contributed by atoms with E-state index in [0.29, 0.717) is 6.07 Å². The Balaban J connectivity index is 1.98. The topological polar surface area (TPSA) is 127 Å². The molecule has 1 amide bonds. The van der Waals surface area contributed by atoms with E-state index in [9.17, 15) is 36.6 Å². The van der Waals surface area contributed by atoms with Crippen molar-refractivity contribution in [3.8, 4) is 5.88 Å². The second-order valence-corrected chi connectivity index (χ2v) is 10.2. The molecule has 0 aliphatic carbocycles. The predicted octanol–water partition coefficient (Wildman–Crippen LogP) is 6.92. The van der Waals surface area contributed by atoms with Crippen LogP contribution in [0.4, 0.5) is 54.0 Å². The van der Waals surface area contributed by atoms with Crippen LogP contribution >= 0.6 is 0 Å². The Labute approximate surface area is 242 Å². The summed E-state index contributed by atoms with van der Waals surface area (Å²) >= 11 is 0. The van der Waals surface area contributed by atoms with Crippen LogP contribution in [-0.2, 0) is 17.3 Å². The molecule has 1 heterocycles. The number of nitrogens with one attached hydrogen (secondary N) is 1. The number of anilines is 4. The lowest BCUT2D eigenvalue weighted by Gasteiger charge is -2.27. The van der Waals surface area contributed by atoms with E-state index in [1.807, 2.05) is 0 Å². The van der Waals surface area contributed by atoms with E-state index in [4.69, 9.17) is 15.2 Å². The van der Waals surface area contributed by atoms with E-state index in [1.54, 1.807) is 20.8 Å². The van der Waals surface area contributed by atoms with Gasteiger partial charge in [-0.1, -0.05) is 0 Å². The third-order valence-electron chi connectivity index (χ3n) is 5.88. The fourth-order valence-electron chi connectivity index (χ4n) is 3.96. The molecule has 0 fully saturated rings. The highest BCUT2D eigenvalue weighted by Gasteiger charge is 2.36. The van der Waals surface area contributed by atoms with Crippen molar-refractivity contribution in [3.63, 3.8) is 0 Å². The fraction of sp³-hybridized carbons (Fsp3) is 0.321. The molecule has 4 N–H and O–H groups in total. The van der Waals surface area contributed by atoms with Gasteiger partial charge in [-0.15, -0.1) is 0 Å². The predicted molar refractivity (Wildman–Crippen MR) is 145 cm³/mol. The molecule has 0 radical (unpaired) electrons. The van der Waals surface area contributed by atoms with Crippen molar-refractivity contribution in [2.24, 2.45) is 0 Å². The summed E-state index contributed by atoms with van der Waals surface area (Å²) in [5, 5.41) is 11.8. The van der Waals surface area contributed by atoms with Crippen LogP contribution in [0.3, 0.4) is 0 Å². The van der Waals surface area contributed by atoms with Crippen LogP contribution in [0.15, 0.2) is 36.4 Å². The van der Waals surface area contributed by atoms with Gasteiger partial charge in [0.25, 0.3) is 0 Å². The average molecular weight is 615 g/mol. The van der Waals surface area contributed by atoms with Crippen LogP contribution in [0.5, 0.6) is 5.88 Å². The first-order chi connectivity index (χ1) is 19.9. The number of methoxy groups -OCH3 is 1. The van der Waals surface area contributed by atoms with Gasteiger partial charge in [-0.3, -0.25) is 4.90 Å². The first-order valence-corrected chi connectivity index (χ1v) is 12.6. The van der Waals surface area contributed by atoms with Crippen molar-refractivity contribution >= 4 is 34.9 Å². The minimum absolute atomic E-state index is 0.0382. The lowest BCUT2D eigenvalue weighted by molar-refractivity contribution is -0.139. The molecule has 0 saturated heterocycles. The molecule has 9 nitrogen and oxygen atoms in total. The van der Waals surface area contributed by atoms with E-state index < -0.39 is 58.1 Å². The van der Waals surface area contributed by atoms with Gasteiger partial charge >= 0.3 is 18.2 Å². The molecular weight excluding hydrogens is 586 g/mol. The summed E-state index contributed by atoms with van der Waals surface area (Å²) in [6.45, 7) is 4.66. The molecule has 0 aliphatic heterocycles. The van der Waals surface area contributed by atoms with Crippen LogP contribution in [0.2, 0.25) is 0 Å². The zero-order chi connectivity index (χ0) is 32.3. The number of aromatic nitrogens is 1. The summed E-state index contributed by atoms with van der Waals surface area (Å²) in [5.74, 6) is -6.18. The third-order valence-corrected chi connectivity index (χ3v) is 5.88. The Hall–Kier alpha value is -4.69. The number of carboxylic acid groups (broad SMARTS) is 1. The molecule has 0 spiro atoms.